The monoisotopic (exact) mass is 311 g/mol. The van der Waals surface area contributed by atoms with Gasteiger partial charge in [-0.1, -0.05) is 0 Å². The molecular formula is C11H16F3N3O2S. The zero-order valence-electron chi connectivity index (χ0n) is 11.0. The van der Waals surface area contributed by atoms with E-state index in [4.69, 9.17) is 10.9 Å². The minimum Gasteiger partial charge on any atom is -0.397 e. The van der Waals surface area contributed by atoms with Gasteiger partial charge in [0.05, 0.1) is 16.3 Å². The summed E-state index contributed by atoms with van der Waals surface area (Å²) in [7, 11) is -3.94. The number of alkyl halides is 3. The lowest BCUT2D eigenvalue weighted by Gasteiger charge is -2.31. The molecule has 0 aromatic heterocycles. The number of rotatable bonds is 4. The van der Waals surface area contributed by atoms with Crippen LogP contribution in [0.2, 0.25) is 0 Å². The van der Waals surface area contributed by atoms with E-state index in [1.165, 1.54) is 6.07 Å². The van der Waals surface area contributed by atoms with Gasteiger partial charge in [0.2, 0.25) is 10.0 Å². The van der Waals surface area contributed by atoms with E-state index in [1.807, 2.05) is 0 Å². The van der Waals surface area contributed by atoms with Crippen molar-refractivity contribution in [3.05, 3.63) is 18.2 Å². The third kappa shape index (κ3) is 4.27. The molecule has 9 heteroatoms. The van der Waals surface area contributed by atoms with Gasteiger partial charge in [0, 0.05) is 6.04 Å². The van der Waals surface area contributed by atoms with Crippen LogP contribution in [-0.2, 0) is 10.0 Å². The number of benzene rings is 1. The lowest BCUT2D eigenvalue weighted by atomic mass is 10.2. The number of nitrogens with two attached hydrogens (primary N) is 2. The Morgan fingerprint density at radius 2 is 1.85 bits per heavy atom. The van der Waals surface area contributed by atoms with E-state index in [1.54, 1.807) is 13.8 Å². The molecule has 1 aromatic rings. The molecule has 0 atom stereocenters. The highest BCUT2D eigenvalue weighted by Crippen LogP contribution is 2.30. The second-order valence-corrected chi connectivity index (χ2v) is 6.16. The first kappa shape index (κ1) is 16.6. The van der Waals surface area contributed by atoms with Crippen molar-refractivity contribution in [1.29, 1.82) is 0 Å². The molecule has 0 amide bonds. The average Bonchev–Trinajstić information content (AvgIpc) is 2.23. The Kier molecular flexibility index (Phi) is 4.55. The first-order valence-electron chi connectivity index (χ1n) is 5.67. The molecule has 5 nitrogen and oxygen atoms in total. The number of halogens is 3. The summed E-state index contributed by atoms with van der Waals surface area (Å²) in [5, 5.41) is 4.94. The number of hydrogen-bond donors (Lipinski definition) is 2. The second-order valence-electron chi connectivity index (χ2n) is 4.60. The number of sulfonamides is 1. The normalized spacial score (nSPS) is 12.8. The molecule has 1 aromatic carbocycles. The lowest BCUT2D eigenvalue weighted by Crippen LogP contribution is -2.39. The van der Waals surface area contributed by atoms with Crippen LogP contribution in [0.1, 0.15) is 13.8 Å². The summed E-state index contributed by atoms with van der Waals surface area (Å²) in [6.45, 7) is 1.99. The van der Waals surface area contributed by atoms with Crippen LogP contribution in [0.3, 0.4) is 0 Å². The molecular weight excluding hydrogens is 295 g/mol. The molecule has 114 valence electrons. The van der Waals surface area contributed by atoms with Crippen LogP contribution in [0.4, 0.5) is 24.5 Å². The summed E-state index contributed by atoms with van der Waals surface area (Å²) in [5.41, 5.74) is 5.69. The van der Waals surface area contributed by atoms with Crippen LogP contribution in [0.15, 0.2) is 23.1 Å². The first-order chi connectivity index (χ1) is 8.92. The standard InChI is InChI=1S/C11H16F3N3O2S/c1-7(2)17(6-11(12,13)14)10-4-3-8(5-9(10)15)20(16,18)19/h3-5,7H,6,15H2,1-2H3,(H2,16,18,19). The highest BCUT2D eigenvalue weighted by Gasteiger charge is 2.32. The van der Waals surface area contributed by atoms with Crippen LogP contribution < -0.4 is 15.8 Å². The Balaban J connectivity index is 3.23. The molecule has 0 saturated heterocycles. The van der Waals surface area contributed by atoms with Gasteiger partial charge in [0.25, 0.3) is 0 Å². The number of nitrogen functional groups attached to an aromatic ring is 1. The van der Waals surface area contributed by atoms with Crippen molar-refractivity contribution in [3.8, 4) is 0 Å². The molecule has 0 fully saturated rings. The lowest BCUT2D eigenvalue weighted by molar-refractivity contribution is -0.120. The summed E-state index contributed by atoms with van der Waals surface area (Å²) >= 11 is 0. The third-order valence-corrected chi connectivity index (χ3v) is 3.52. The van der Waals surface area contributed by atoms with Crippen molar-refractivity contribution in [1.82, 2.24) is 0 Å². The van der Waals surface area contributed by atoms with Crippen molar-refractivity contribution in [2.75, 3.05) is 17.2 Å². The molecule has 1 rings (SSSR count). The zero-order chi connectivity index (χ0) is 15.7. The Labute approximate surface area is 115 Å². The fourth-order valence-corrected chi connectivity index (χ4v) is 2.26. The van der Waals surface area contributed by atoms with Crippen molar-refractivity contribution in [3.63, 3.8) is 0 Å². The zero-order valence-corrected chi connectivity index (χ0v) is 11.8. The summed E-state index contributed by atoms with van der Waals surface area (Å²) in [5.74, 6) is 0. The van der Waals surface area contributed by atoms with Crippen molar-refractivity contribution >= 4 is 21.4 Å². The average molecular weight is 311 g/mol. The van der Waals surface area contributed by atoms with Gasteiger partial charge >= 0.3 is 6.18 Å². The van der Waals surface area contributed by atoms with Gasteiger partial charge in [-0.25, -0.2) is 13.6 Å². The number of nitrogens with zero attached hydrogens (tertiary/aromatic N) is 1. The highest BCUT2D eigenvalue weighted by atomic mass is 32.2. The maximum atomic E-state index is 12.6. The van der Waals surface area contributed by atoms with Crippen molar-refractivity contribution < 1.29 is 21.6 Å². The van der Waals surface area contributed by atoms with Gasteiger partial charge in [-0.3, -0.25) is 0 Å². The predicted octanol–water partition coefficient (Wildman–Crippen LogP) is 1.69. The molecule has 0 saturated carbocycles. The van der Waals surface area contributed by atoms with E-state index in [0.29, 0.717) is 0 Å². The van der Waals surface area contributed by atoms with Crippen LogP contribution in [0.25, 0.3) is 0 Å². The van der Waals surface area contributed by atoms with Gasteiger partial charge in [-0.05, 0) is 32.0 Å². The maximum absolute atomic E-state index is 12.6. The van der Waals surface area contributed by atoms with Crippen LogP contribution in [0.5, 0.6) is 0 Å². The molecule has 0 aliphatic heterocycles. The van der Waals surface area contributed by atoms with Crippen LogP contribution >= 0.6 is 0 Å². The molecule has 0 radical (unpaired) electrons. The SMILES string of the molecule is CC(C)N(CC(F)(F)F)c1ccc(S(N)(=O)=O)cc1N. The predicted molar refractivity (Wildman–Crippen MR) is 70.8 cm³/mol. The first-order valence-corrected chi connectivity index (χ1v) is 7.22. The second kappa shape index (κ2) is 5.49. The molecule has 4 N–H and O–H groups in total. The van der Waals surface area contributed by atoms with E-state index in [9.17, 15) is 21.6 Å². The fraction of sp³-hybridized carbons (Fsp3) is 0.455. The molecule has 0 bridgehead atoms. The fourth-order valence-electron chi connectivity index (χ4n) is 1.71. The van der Waals surface area contributed by atoms with Gasteiger partial charge in [-0.2, -0.15) is 13.2 Å². The van der Waals surface area contributed by atoms with E-state index in [0.717, 1.165) is 17.0 Å². The van der Waals surface area contributed by atoms with Crippen LogP contribution in [0, 0.1) is 0 Å². The maximum Gasteiger partial charge on any atom is 0.405 e. The van der Waals surface area contributed by atoms with Crippen molar-refractivity contribution in [2.45, 2.75) is 31.0 Å². The smallest absolute Gasteiger partial charge is 0.397 e. The third-order valence-electron chi connectivity index (χ3n) is 2.61. The quantitative estimate of drug-likeness (QED) is 0.828. The summed E-state index contributed by atoms with van der Waals surface area (Å²) in [4.78, 5) is 0.803. The van der Waals surface area contributed by atoms with Gasteiger partial charge in [-0.15, -0.1) is 0 Å². The van der Waals surface area contributed by atoms with Gasteiger partial charge in [0.15, 0.2) is 0 Å². The number of anilines is 2. The molecule has 0 aliphatic rings. The molecule has 0 unspecified atom stereocenters. The number of hydrogen-bond acceptors (Lipinski definition) is 4. The summed E-state index contributed by atoms with van der Waals surface area (Å²) in [6.07, 6.45) is -4.39. The van der Waals surface area contributed by atoms with Gasteiger partial charge < -0.3 is 10.6 Å². The highest BCUT2D eigenvalue weighted by molar-refractivity contribution is 7.89. The molecule has 0 spiro atoms. The number of primary sulfonamides is 1. The molecule has 0 aliphatic carbocycles. The van der Waals surface area contributed by atoms with Crippen LogP contribution in [-0.4, -0.2) is 27.2 Å². The largest absolute Gasteiger partial charge is 0.405 e. The Bertz CT molecular complexity index is 585. The van der Waals surface area contributed by atoms with Gasteiger partial charge in [0.1, 0.15) is 6.54 Å². The molecule has 0 heterocycles. The van der Waals surface area contributed by atoms with E-state index >= 15 is 0 Å². The molecule has 20 heavy (non-hydrogen) atoms. The minimum atomic E-state index is -4.39. The Hall–Kier alpha value is -1.48. The topological polar surface area (TPSA) is 89.4 Å². The minimum absolute atomic E-state index is 0.0746. The summed E-state index contributed by atoms with van der Waals surface area (Å²) < 4.78 is 60.0. The van der Waals surface area contributed by atoms with E-state index in [2.05, 4.69) is 0 Å². The van der Waals surface area contributed by atoms with E-state index < -0.39 is 28.8 Å². The Morgan fingerprint density at radius 3 is 2.20 bits per heavy atom. The van der Waals surface area contributed by atoms with E-state index in [-0.39, 0.29) is 16.3 Å². The summed E-state index contributed by atoms with van der Waals surface area (Å²) in [6, 6.07) is 2.95. The Morgan fingerprint density at radius 1 is 1.30 bits per heavy atom. The van der Waals surface area contributed by atoms with Crippen molar-refractivity contribution in [2.24, 2.45) is 5.14 Å².